The third-order valence-electron chi connectivity index (χ3n) is 5.99. The average Bonchev–Trinajstić information content (AvgIpc) is 2.78. The minimum absolute atomic E-state index is 0.234. The van der Waals surface area contributed by atoms with Gasteiger partial charge in [0.05, 0.1) is 0 Å². The lowest BCUT2D eigenvalue weighted by Crippen LogP contribution is -2.30. The van der Waals surface area contributed by atoms with Gasteiger partial charge < -0.3 is 0 Å². The Hall–Kier alpha value is -1.62. The molecule has 0 bridgehead atoms. The van der Waals surface area contributed by atoms with E-state index in [1.807, 2.05) is 0 Å². The van der Waals surface area contributed by atoms with Gasteiger partial charge in [-0.3, -0.25) is 0 Å². The number of rotatable bonds is 13. The summed E-state index contributed by atoms with van der Waals surface area (Å²) in [5.74, 6) is 0. The molecule has 3 aromatic carbocycles. The predicted molar refractivity (Wildman–Crippen MR) is 135 cm³/mol. The van der Waals surface area contributed by atoms with E-state index in [2.05, 4.69) is 91.0 Å². The van der Waals surface area contributed by atoms with Crippen molar-refractivity contribution < 1.29 is 0 Å². The van der Waals surface area contributed by atoms with E-state index < -0.39 is 0 Å². The van der Waals surface area contributed by atoms with Crippen molar-refractivity contribution in [2.24, 2.45) is 5.41 Å². The Morgan fingerprint density at radius 2 is 0.933 bits per heavy atom. The molecule has 0 aliphatic rings. The van der Waals surface area contributed by atoms with Gasteiger partial charge in [0, 0.05) is 0 Å². The van der Waals surface area contributed by atoms with Crippen LogP contribution >= 0.6 is 19.2 Å². The smallest absolute Gasteiger partial charge is 0.0176 e. The Labute approximate surface area is 189 Å². The van der Waals surface area contributed by atoms with Crippen molar-refractivity contribution >= 4 is 19.2 Å². The molecule has 0 nitrogen and oxygen atoms in total. The Morgan fingerprint density at radius 1 is 0.533 bits per heavy atom. The Balaban J connectivity index is 1.82. The quantitative estimate of drug-likeness (QED) is 0.186. The summed E-state index contributed by atoms with van der Waals surface area (Å²) in [5, 5.41) is 0. The fourth-order valence-corrected chi connectivity index (χ4v) is 5.37. The first kappa shape index (κ1) is 23.1. The van der Waals surface area contributed by atoms with Gasteiger partial charge in [-0.15, -0.1) is 11.2 Å². The molecule has 3 aromatic rings. The largest absolute Gasteiger partial charge is 0.100 e. The summed E-state index contributed by atoms with van der Waals surface area (Å²) in [6, 6.07) is 33.2. The van der Waals surface area contributed by atoms with Crippen LogP contribution in [0.1, 0.15) is 48.8 Å². The van der Waals surface area contributed by atoms with Gasteiger partial charge in [0.25, 0.3) is 0 Å². The van der Waals surface area contributed by atoms with E-state index in [4.69, 9.17) is 11.2 Å². The Bertz CT molecular complexity index is 716. The summed E-state index contributed by atoms with van der Waals surface area (Å²) in [5.41, 5.74) is 4.59. The second-order valence-electron chi connectivity index (χ2n) is 8.53. The van der Waals surface area contributed by atoms with Crippen LogP contribution in [0.4, 0.5) is 0 Å². The van der Waals surface area contributed by atoms with Crippen LogP contribution in [-0.2, 0) is 19.3 Å². The zero-order valence-corrected chi connectivity index (χ0v) is 19.7. The fraction of sp³-hybridized carbons (Fsp3) is 0.357. The minimum Gasteiger partial charge on any atom is -0.100 e. The molecule has 0 heterocycles. The molecule has 0 aliphatic heterocycles. The highest BCUT2D eigenvalue weighted by atomic mass is 35.7. The number of benzene rings is 3. The molecule has 30 heavy (non-hydrogen) atoms. The highest BCUT2D eigenvalue weighted by Gasteiger charge is 2.30. The molecular weight excluding hydrogens is 403 g/mol. The summed E-state index contributed by atoms with van der Waals surface area (Å²) in [6.45, 7) is 0. The van der Waals surface area contributed by atoms with Gasteiger partial charge in [0.2, 0.25) is 0 Å². The second kappa shape index (κ2) is 12.9. The normalized spacial score (nSPS) is 11.9. The van der Waals surface area contributed by atoms with Crippen molar-refractivity contribution in [1.82, 2.24) is 0 Å². The molecule has 158 valence electrons. The molecule has 0 aromatic heterocycles. The average molecular weight is 437 g/mol. The van der Waals surface area contributed by atoms with Crippen molar-refractivity contribution in [2.45, 2.75) is 51.4 Å². The topological polar surface area (TPSA) is 0 Å². The molecule has 0 aliphatic carbocycles. The fourth-order valence-electron chi connectivity index (χ4n) is 4.58. The molecule has 1 unspecified atom stereocenters. The van der Waals surface area contributed by atoms with Crippen molar-refractivity contribution in [3.63, 3.8) is 0 Å². The van der Waals surface area contributed by atoms with E-state index in [1.165, 1.54) is 55.0 Å². The minimum atomic E-state index is 0.234. The molecule has 0 amide bonds. The van der Waals surface area contributed by atoms with Gasteiger partial charge in [-0.1, -0.05) is 110 Å². The van der Waals surface area contributed by atoms with E-state index >= 15 is 0 Å². The molecular formula is C28H34ClP. The van der Waals surface area contributed by atoms with E-state index in [1.54, 1.807) is 0 Å². The number of hydrogen-bond acceptors (Lipinski definition) is 0. The summed E-state index contributed by atoms with van der Waals surface area (Å²) in [6.07, 6.45) is 11.0. The first-order valence-electron chi connectivity index (χ1n) is 11.2. The Kier molecular flexibility index (Phi) is 9.94. The van der Waals surface area contributed by atoms with Gasteiger partial charge in [-0.25, -0.2) is 0 Å². The molecule has 0 saturated carbocycles. The third kappa shape index (κ3) is 7.90. The lowest BCUT2D eigenvalue weighted by atomic mass is 9.69. The van der Waals surface area contributed by atoms with Gasteiger partial charge >= 0.3 is 0 Å². The van der Waals surface area contributed by atoms with Crippen molar-refractivity contribution in [3.8, 4) is 0 Å². The number of hydrogen-bond donors (Lipinski definition) is 0. The van der Waals surface area contributed by atoms with Crippen molar-refractivity contribution in [3.05, 3.63) is 108 Å². The van der Waals surface area contributed by atoms with Gasteiger partial charge in [-0.2, -0.15) is 0 Å². The van der Waals surface area contributed by atoms with Crippen LogP contribution in [0.3, 0.4) is 0 Å². The first-order chi connectivity index (χ1) is 14.8. The van der Waals surface area contributed by atoms with Crippen LogP contribution in [0.15, 0.2) is 91.0 Å². The number of unbranched alkanes of at least 4 members (excludes halogenated alkanes) is 3. The monoisotopic (exact) mass is 436 g/mol. The SMILES string of the molecule is ClPCCCCCCC(Cc1ccccc1)(Cc1ccccc1)Cc1ccccc1. The molecule has 0 N–H and O–H groups in total. The standard InChI is InChI=1S/C28H34ClP/c29-30-21-13-2-1-12-20-28(22-25-14-6-3-7-15-25,23-26-16-8-4-9-17-26)24-27-18-10-5-11-19-27/h3-11,14-19,30H,1-2,12-13,20-24H2. The molecule has 0 fully saturated rings. The number of halogens is 1. The maximum Gasteiger partial charge on any atom is -0.0176 e. The van der Waals surface area contributed by atoms with Crippen molar-refractivity contribution in [2.75, 3.05) is 6.16 Å². The van der Waals surface area contributed by atoms with E-state index in [-0.39, 0.29) is 5.41 Å². The molecule has 3 rings (SSSR count). The summed E-state index contributed by atoms with van der Waals surface area (Å²) >= 11 is 5.89. The van der Waals surface area contributed by atoms with Crippen LogP contribution < -0.4 is 0 Å². The van der Waals surface area contributed by atoms with Crippen LogP contribution in [0.25, 0.3) is 0 Å². The lowest BCUT2D eigenvalue weighted by molar-refractivity contribution is 0.244. The van der Waals surface area contributed by atoms with E-state index in [0.29, 0.717) is 7.93 Å². The summed E-state index contributed by atoms with van der Waals surface area (Å²) in [7, 11) is 0.575. The third-order valence-corrected chi connectivity index (χ3v) is 7.10. The van der Waals surface area contributed by atoms with Gasteiger partial charge in [-0.05, 0) is 68.3 Å². The maximum absolute atomic E-state index is 5.89. The molecule has 1 atom stereocenters. The van der Waals surface area contributed by atoms with Crippen molar-refractivity contribution in [1.29, 1.82) is 0 Å². The van der Waals surface area contributed by atoms with Crippen LogP contribution in [0.2, 0.25) is 0 Å². The van der Waals surface area contributed by atoms with Gasteiger partial charge in [0.1, 0.15) is 0 Å². The predicted octanol–water partition coefficient (Wildman–Crippen LogP) is 8.48. The van der Waals surface area contributed by atoms with Gasteiger partial charge in [0.15, 0.2) is 0 Å². The molecule has 0 saturated heterocycles. The van der Waals surface area contributed by atoms with Crippen LogP contribution in [0.5, 0.6) is 0 Å². The highest BCUT2D eigenvalue weighted by Crippen LogP contribution is 2.37. The van der Waals surface area contributed by atoms with Crippen LogP contribution in [-0.4, -0.2) is 6.16 Å². The van der Waals surface area contributed by atoms with E-state index in [0.717, 1.165) is 19.3 Å². The molecule has 0 radical (unpaired) electrons. The summed E-state index contributed by atoms with van der Waals surface area (Å²) in [4.78, 5) is 0. The lowest BCUT2D eigenvalue weighted by Gasteiger charge is -2.35. The first-order valence-corrected chi connectivity index (χ1v) is 13.5. The maximum atomic E-state index is 5.89. The highest BCUT2D eigenvalue weighted by molar-refractivity contribution is 7.68. The molecule has 2 heteroatoms. The zero-order chi connectivity index (χ0) is 20.9. The second-order valence-corrected chi connectivity index (χ2v) is 10.1. The van der Waals surface area contributed by atoms with E-state index in [9.17, 15) is 0 Å². The Morgan fingerprint density at radius 3 is 1.33 bits per heavy atom. The summed E-state index contributed by atoms with van der Waals surface area (Å²) < 4.78 is 0. The molecule has 0 spiro atoms. The zero-order valence-electron chi connectivity index (χ0n) is 17.9. The van der Waals surface area contributed by atoms with Crippen LogP contribution in [0, 0.1) is 5.41 Å².